The molecule has 1 heterocycles. The molecule has 112 valence electrons. The normalized spacial score (nSPS) is 10.4. The number of benzene rings is 1. The molecule has 1 aromatic carbocycles. The van der Waals surface area contributed by atoms with Gasteiger partial charge in [0.2, 0.25) is 0 Å². The fourth-order valence-corrected chi connectivity index (χ4v) is 2.95. The van der Waals surface area contributed by atoms with Crippen LogP contribution in [-0.4, -0.2) is 24.5 Å². The second-order valence-electron chi connectivity index (χ2n) is 4.96. The summed E-state index contributed by atoms with van der Waals surface area (Å²) in [6.45, 7) is 3.05. The molecule has 5 heteroatoms. The minimum absolute atomic E-state index is 0.140. The molecule has 3 nitrogen and oxygen atoms in total. The zero-order valence-electron chi connectivity index (χ0n) is 12.2. The molecule has 0 saturated heterocycles. The van der Waals surface area contributed by atoms with Gasteiger partial charge in [-0.05, 0) is 42.0 Å². The van der Waals surface area contributed by atoms with Crippen LogP contribution in [0, 0.1) is 12.7 Å². The smallest absolute Gasteiger partial charge is 0.317 e. The Morgan fingerprint density at radius 3 is 2.76 bits per heavy atom. The summed E-state index contributed by atoms with van der Waals surface area (Å²) in [4.78, 5) is 14.8. The Balaban J connectivity index is 1.79. The Hall–Kier alpha value is -1.88. The van der Waals surface area contributed by atoms with Crippen molar-refractivity contribution in [1.82, 2.24) is 10.2 Å². The number of nitrogens with one attached hydrogen (secondary N) is 1. The highest BCUT2D eigenvalue weighted by molar-refractivity contribution is 7.10. The van der Waals surface area contributed by atoms with Crippen LogP contribution in [0.5, 0.6) is 0 Å². The Morgan fingerprint density at radius 2 is 2.10 bits per heavy atom. The maximum absolute atomic E-state index is 13.4. The standard InChI is InChI=1S/C16H19FN2OS/c1-12-8-10-21-15(12)11-19(2)16(20)18-9-7-13-5-3-4-6-14(13)17/h3-6,8,10H,7,9,11H2,1-2H3,(H,18,20). The zero-order valence-corrected chi connectivity index (χ0v) is 13.0. The maximum Gasteiger partial charge on any atom is 0.317 e. The summed E-state index contributed by atoms with van der Waals surface area (Å²) >= 11 is 1.65. The molecule has 0 aliphatic heterocycles. The predicted octanol–water partition coefficient (Wildman–Crippen LogP) is 3.58. The van der Waals surface area contributed by atoms with Crippen molar-refractivity contribution < 1.29 is 9.18 Å². The molecule has 2 aromatic rings. The van der Waals surface area contributed by atoms with Gasteiger partial charge < -0.3 is 10.2 Å². The highest BCUT2D eigenvalue weighted by atomic mass is 32.1. The fourth-order valence-electron chi connectivity index (χ4n) is 1.99. The van der Waals surface area contributed by atoms with E-state index < -0.39 is 0 Å². The van der Waals surface area contributed by atoms with E-state index in [0.29, 0.717) is 25.1 Å². The first-order chi connectivity index (χ1) is 10.1. The molecule has 0 aliphatic rings. The van der Waals surface area contributed by atoms with Gasteiger partial charge in [-0.25, -0.2) is 9.18 Å². The van der Waals surface area contributed by atoms with Crippen LogP contribution in [0.15, 0.2) is 35.7 Å². The number of hydrogen-bond donors (Lipinski definition) is 1. The van der Waals surface area contributed by atoms with Crippen LogP contribution in [0.2, 0.25) is 0 Å². The average molecular weight is 306 g/mol. The van der Waals surface area contributed by atoms with E-state index in [9.17, 15) is 9.18 Å². The van der Waals surface area contributed by atoms with Gasteiger partial charge in [0.15, 0.2) is 0 Å². The lowest BCUT2D eigenvalue weighted by atomic mass is 10.1. The molecule has 2 rings (SSSR count). The van der Waals surface area contributed by atoms with E-state index >= 15 is 0 Å². The molecule has 0 spiro atoms. The molecule has 0 unspecified atom stereocenters. The number of amides is 2. The van der Waals surface area contributed by atoms with Crippen molar-refractivity contribution in [2.24, 2.45) is 0 Å². The lowest BCUT2D eigenvalue weighted by molar-refractivity contribution is 0.207. The van der Waals surface area contributed by atoms with Crippen LogP contribution in [0.3, 0.4) is 0 Å². The molecular weight excluding hydrogens is 287 g/mol. The van der Waals surface area contributed by atoms with Gasteiger partial charge >= 0.3 is 6.03 Å². The number of rotatable bonds is 5. The van der Waals surface area contributed by atoms with Crippen LogP contribution >= 0.6 is 11.3 Å². The number of carbonyl (C=O) groups is 1. The predicted molar refractivity (Wildman–Crippen MR) is 84.0 cm³/mol. The van der Waals surface area contributed by atoms with E-state index in [-0.39, 0.29) is 11.8 Å². The van der Waals surface area contributed by atoms with Crippen molar-refractivity contribution in [3.63, 3.8) is 0 Å². The quantitative estimate of drug-likeness (QED) is 0.899. The third kappa shape index (κ3) is 4.29. The summed E-state index contributed by atoms with van der Waals surface area (Å²) in [7, 11) is 1.76. The lowest BCUT2D eigenvalue weighted by Gasteiger charge is -2.17. The van der Waals surface area contributed by atoms with Gasteiger partial charge in [-0.3, -0.25) is 0 Å². The first-order valence-corrected chi connectivity index (χ1v) is 7.71. The van der Waals surface area contributed by atoms with Crippen molar-refractivity contribution in [2.45, 2.75) is 19.9 Å². The summed E-state index contributed by atoms with van der Waals surface area (Å²) in [5.74, 6) is -0.227. The second kappa shape index (κ2) is 7.22. The van der Waals surface area contributed by atoms with Crippen molar-refractivity contribution in [3.8, 4) is 0 Å². The van der Waals surface area contributed by atoms with E-state index in [2.05, 4.69) is 5.32 Å². The number of urea groups is 1. The summed E-state index contributed by atoms with van der Waals surface area (Å²) < 4.78 is 13.4. The Labute approximate surface area is 128 Å². The van der Waals surface area contributed by atoms with Gasteiger partial charge in [0.25, 0.3) is 0 Å². The second-order valence-corrected chi connectivity index (χ2v) is 5.96. The van der Waals surface area contributed by atoms with E-state index in [1.165, 1.54) is 16.5 Å². The van der Waals surface area contributed by atoms with Crippen LogP contribution in [0.4, 0.5) is 9.18 Å². The molecule has 21 heavy (non-hydrogen) atoms. The van der Waals surface area contributed by atoms with Crippen LogP contribution in [-0.2, 0) is 13.0 Å². The first kappa shape index (κ1) is 15.5. The van der Waals surface area contributed by atoms with Crippen LogP contribution in [0.25, 0.3) is 0 Å². The number of halogens is 1. The van der Waals surface area contributed by atoms with Crippen molar-refractivity contribution >= 4 is 17.4 Å². The fraction of sp³-hybridized carbons (Fsp3) is 0.312. The van der Waals surface area contributed by atoms with Crippen LogP contribution in [0.1, 0.15) is 16.0 Å². The highest BCUT2D eigenvalue weighted by Crippen LogP contribution is 2.17. The summed E-state index contributed by atoms with van der Waals surface area (Å²) in [5.41, 5.74) is 1.82. The molecule has 0 aliphatic carbocycles. The minimum Gasteiger partial charge on any atom is -0.338 e. The number of nitrogens with zero attached hydrogens (tertiary/aromatic N) is 1. The highest BCUT2D eigenvalue weighted by Gasteiger charge is 2.11. The molecule has 0 saturated carbocycles. The van der Waals surface area contributed by atoms with Gasteiger partial charge in [-0.15, -0.1) is 11.3 Å². The SMILES string of the molecule is Cc1ccsc1CN(C)C(=O)NCCc1ccccc1F. The van der Waals surface area contributed by atoms with Gasteiger partial charge in [0.1, 0.15) is 5.82 Å². The summed E-state index contributed by atoms with van der Waals surface area (Å²) in [5, 5.41) is 4.84. The molecule has 0 fully saturated rings. The third-order valence-electron chi connectivity index (χ3n) is 3.32. The Morgan fingerprint density at radius 1 is 1.33 bits per heavy atom. The number of hydrogen-bond acceptors (Lipinski definition) is 2. The van der Waals surface area contributed by atoms with Gasteiger partial charge in [-0.1, -0.05) is 18.2 Å². The maximum atomic E-state index is 13.4. The number of carbonyl (C=O) groups excluding carboxylic acids is 1. The molecule has 0 atom stereocenters. The lowest BCUT2D eigenvalue weighted by Crippen LogP contribution is -2.37. The molecule has 0 radical (unpaired) electrons. The van der Waals surface area contributed by atoms with Gasteiger partial charge in [0, 0.05) is 18.5 Å². The first-order valence-electron chi connectivity index (χ1n) is 6.83. The number of aryl methyl sites for hydroxylation is 1. The van der Waals surface area contributed by atoms with Gasteiger partial charge in [-0.2, -0.15) is 0 Å². The molecule has 0 bridgehead atoms. The van der Waals surface area contributed by atoms with Crippen molar-refractivity contribution in [1.29, 1.82) is 0 Å². The van der Waals surface area contributed by atoms with Crippen molar-refractivity contribution in [3.05, 3.63) is 57.5 Å². The van der Waals surface area contributed by atoms with Crippen LogP contribution < -0.4 is 5.32 Å². The summed E-state index contributed by atoms with van der Waals surface area (Å²) in [6, 6.07) is 8.53. The van der Waals surface area contributed by atoms with E-state index in [4.69, 9.17) is 0 Å². The zero-order chi connectivity index (χ0) is 15.2. The van der Waals surface area contributed by atoms with E-state index in [1.807, 2.05) is 18.4 Å². The molecular formula is C16H19FN2OS. The average Bonchev–Trinajstić information content (AvgIpc) is 2.86. The topological polar surface area (TPSA) is 32.3 Å². The largest absolute Gasteiger partial charge is 0.338 e. The molecule has 2 amide bonds. The molecule has 1 N–H and O–H groups in total. The number of thiophene rings is 1. The molecule has 1 aromatic heterocycles. The Bertz CT molecular complexity index is 612. The third-order valence-corrected chi connectivity index (χ3v) is 4.33. The van der Waals surface area contributed by atoms with Gasteiger partial charge in [0.05, 0.1) is 6.54 Å². The Kier molecular flexibility index (Phi) is 5.33. The van der Waals surface area contributed by atoms with E-state index in [1.54, 1.807) is 41.5 Å². The summed E-state index contributed by atoms with van der Waals surface area (Å²) in [6.07, 6.45) is 0.490. The minimum atomic E-state index is -0.227. The van der Waals surface area contributed by atoms with Crippen molar-refractivity contribution in [2.75, 3.05) is 13.6 Å². The monoisotopic (exact) mass is 306 g/mol. The van der Waals surface area contributed by atoms with E-state index in [0.717, 1.165) is 0 Å².